The Labute approximate surface area is 153 Å². The molecule has 0 spiro atoms. The van der Waals surface area contributed by atoms with Crippen molar-refractivity contribution in [1.82, 2.24) is 19.5 Å². The number of sulfonamides is 1. The van der Waals surface area contributed by atoms with Crippen molar-refractivity contribution < 1.29 is 8.42 Å². The van der Waals surface area contributed by atoms with Crippen molar-refractivity contribution in [1.29, 1.82) is 0 Å². The van der Waals surface area contributed by atoms with E-state index in [2.05, 4.69) is 14.8 Å². The average molecular weight is 368 g/mol. The number of pyridine rings is 1. The molecule has 0 aliphatic carbocycles. The minimum atomic E-state index is -3.55. The zero-order valence-corrected chi connectivity index (χ0v) is 15.4. The van der Waals surface area contributed by atoms with Crippen LogP contribution in [0, 0.1) is 6.92 Å². The van der Waals surface area contributed by atoms with E-state index in [1.165, 1.54) is 5.41 Å². The molecule has 0 amide bonds. The topological polar surface area (TPSA) is 76.9 Å². The van der Waals surface area contributed by atoms with Gasteiger partial charge < -0.3 is 0 Å². The van der Waals surface area contributed by atoms with Crippen LogP contribution in [-0.2, 0) is 23.6 Å². The molecule has 0 saturated carbocycles. The standard InChI is InChI=1S/C19H20N4O2S/c1-15-3-5-16(6-4-15)9-12-26(24,25)21-14-18-13-19(23(2)22-18)17-7-10-20-11-8-17/h3-13,21H,14H2,1-2H3. The first-order valence-corrected chi connectivity index (χ1v) is 9.65. The molecule has 0 radical (unpaired) electrons. The molecular formula is C19H20N4O2S. The van der Waals surface area contributed by atoms with Crippen molar-refractivity contribution in [2.75, 3.05) is 0 Å². The van der Waals surface area contributed by atoms with Gasteiger partial charge in [0, 0.05) is 30.4 Å². The number of aryl methyl sites for hydroxylation is 2. The van der Waals surface area contributed by atoms with E-state index in [4.69, 9.17) is 0 Å². The molecule has 6 nitrogen and oxygen atoms in total. The van der Waals surface area contributed by atoms with Gasteiger partial charge in [0.15, 0.2) is 0 Å². The molecule has 134 valence electrons. The van der Waals surface area contributed by atoms with E-state index in [9.17, 15) is 8.42 Å². The van der Waals surface area contributed by atoms with Gasteiger partial charge in [-0.1, -0.05) is 29.8 Å². The quantitative estimate of drug-likeness (QED) is 0.726. The molecule has 0 bridgehead atoms. The third kappa shape index (κ3) is 4.65. The molecule has 2 heterocycles. The molecule has 0 atom stereocenters. The Morgan fingerprint density at radius 1 is 1.12 bits per heavy atom. The van der Waals surface area contributed by atoms with Gasteiger partial charge in [0.2, 0.25) is 10.0 Å². The molecule has 26 heavy (non-hydrogen) atoms. The van der Waals surface area contributed by atoms with Crippen molar-refractivity contribution in [2.45, 2.75) is 13.5 Å². The summed E-state index contributed by atoms with van der Waals surface area (Å²) in [7, 11) is -1.72. The zero-order valence-electron chi connectivity index (χ0n) is 14.6. The van der Waals surface area contributed by atoms with Crippen LogP contribution in [0.4, 0.5) is 0 Å². The fourth-order valence-corrected chi connectivity index (χ4v) is 3.26. The SMILES string of the molecule is Cc1ccc(C=CS(=O)(=O)NCc2cc(-c3ccncc3)n(C)n2)cc1. The molecule has 0 aliphatic heterocycles. The van der Waals surface area contributed by atoms with Crippen LogP contribution in [0.15, 0.2) is 60.3 Å². The highest BCUT2D eigenvalue weighted by atomic mass is 32.2. The average Bonchev–Trinajstić information content (AvgIpc) is 3.01. The summed E-state index contributed by atoms with van der Waals surface area (Å²) < 4.78 is 28.6. The highest BCUT2D eigenvalue weighted by Crippen LogP contribution is 2.18. The van der Waals surface area contributed by atoms with E-state index in [0.717, 1.165) is 22.4 Å². The second-order valence-electron chi connectivity index (χ2n) is 5.96. The third-order valence-electron chi connectivity index (χ3n) is 3.88. The first-order chi connectivity index (χ1) is 12.4. The molecule has 0 unspecified atom stereocenters. The summed E-state index contributed by atoms with van der Waals surface area (Å²) in [6.45, 7) is 2.11. The predicted molar refractivity (Wildman–Crippen MR) is 102 cm³/mol. The highest BCUT2D eigenvalue weighted by molar-refractivity contribution is 7.92. The monoisotopic (exact) mass is 368 g/mol. The Balaban J connectivity index is 1.67. The molecule has 0 saturated heterocycles. The fourth-order valence-electron chi connectivity index (χ4n) is 2.47. The minimum Gasteiger partial charge on any atom is -0.268 e. The molecule has 1 N–H and O–H groups in total. The van der Waals surface area contributed by atoms with E-state index in [-0.39, 0.29) is 6.54 Å². The Morgan fingerprint density at radius 3 is 2.50 bits per heavy atom. The first kappa shape index (κ1) is 18.0. The Bertz CT molecular complexity index is 1010. The summed E-state index contributed by atoms with van der Waals surface area (Å²) >= 11 is 0. The lowest BCUT2D eigenvalue weighted by molar-refractivity contribution is 0.589. The summed E-state index contributed by atoms with van der Waals surface area (Å²) in [4.78, 5) is 4.00. The smallest absolute Gasteiger partial charge is 0.234 e. The number of rotatable bonds is 6. The van der Waals surface area contributed by atoms with Gasteiger partial charge in [-0.3, -0.25) is 9.67 Å². The van der Waals surface area contributed by atoms with Crippen LogP contribution in [0.25, 0.3) is 17.3 Å². The van der Waals surface area contributed by atoms with E-state index in [1.807, 2.05) is 56.4 Å². The van der Waals surface area contributed by atoms with E-state index in [1.54, 1.807) is 23.2 Å². The molecule has 2 aromatic heterocycles. The summed E-state index contributed by atoms with van der Waals surface area (Å²) in [5.41, 5.74) is 4.48. The van der Waals surface area contributed by atoms with Crippen LogP contribution < -0.4 is 4.72 Å². The molecule has 0 fully saturated rings. The number of nitrogens with zero attached hydrogens (tertiary/aromatic N) is 3. The van der Waals surface area contributed by atoms with Crippen LogP contribution in [0.1, 0.15) is 16.8 Å². The van der Waals surface area contributed by atoms with Crippen LogP contribution in [0.5, 0.6) is 0 Å². The molecule has 1 aromatic carbocycles. The van der Waals surface area contributed by atoms with Gasteiger partial charge in [0.25, 0.3) is 0 Å². The van der Waals surface area contributed by atoms with Gasteiger partial charge >= 0.3 is 0 Å². The second-order valence-corrected chi connectivity index (χ2v) is 7.61. The Morgan fingerprint density at radius 2 is 1.81 bits per heavy atom. The summed E-state index contributed by atoms with van der Waals surface area (Å²) in [5, 5.41) is 5.53. The maximum atomic E-state index is 12.2. The number of benzene rings is 1. The van der Waals surface area contributed by atoms with Crippen molar-refractivity contribution in [2.24, 2.45) is 7.05 Å². The predicted octanol–water partition coefficient (Wildman–Crippen LogP) is 2.88. The maximum Gasteiger partial charge on any atom is 0.234 e. The third-order valence-corrected chi connectivity index (χ3v) is 4.92. The molecule has 0 aliphatic rings. The van der Waals surface area contributed by atoms with Crippen molar-refractivity contribution in [3.05, 3.63) is 77.1 Å². The van der Waals surface area contributed by atoms with Gasteiger partial charge in [0.1, 0.15) is 0 Å². The van der Waals surface area contributed by atoms with Crippen LogP contribution >= 0.6 is 0 Å². The van der Waals surface area contributed by atoms with Crippen LogP contribution in [0.2, 0.25) is 0 Å². The summed E-state index contributed by atoms with van der Waals surface area (Å²) in [6, 6.07) is 13.3. The molecule has 7 heteroatoms. The Hall–Kier alpha value is -2.77. The lowest BCUT2D eigenvalue weighted by Gasteiger charge is -2.00. The van der Waals surface area contributed by atoms with Gasteiger partial charge in [-0.15, -0.1) is 0 Å². The van der Waals surface area contributed by atoms with Crippen molar-refractivity contribution in [3.63, 3.8) is 0 Å². The van der Waals surface area contributed by atoms with Gasteiger partial charge in [-0.2, -0.15) is 5.10 Å². The highest BCUT2D eigenvalue weighted by Gasteiger charge is 2.10. The molecule has 3 rings (SSSR count). The molecule has 3 aromatic rings. The Kier molecular flexibility index (Phi) is 5.29. The number of hydrogen-bond acceptors (Lipinski definition) is 4. The minimum absolute atomic E-state index is 0.124. The van der Waals surface area contributed by atoms with E-state index < -0.39 is 10.0 Å². The second kappa shape index (κ2) is 7.63. The van der Waals surface area contributed by atoms with Crippen LogP contribution in [0.3, 0.4) is 0 Å². The maximum absolute atomic E-state index is 12.2. The normalized spacial score (nSPS) is 11.9. The van der Waals surface area contributed by atoms with Crippen molar-refractivity contribution in [3.8, 4) is 11.3 Å². The number of hydrogen-bond donors (Lipinski definition) is 1. The van der Waals surface area contributed by atoms with E-state index in [0.29, 0.717) is 5.69 Å². The van der Waals surface area contributed by atoms with Gasteiger partial charge in [-0.25, -0.2) is 13.1 Å². The van der Waals surface area contributed by atoms with Crippen molar-refractivity contribution >= 4 is 16.1 Å². The van der Waals surface area contributed by atoms with Gasteiger partial charge in [0.05, 0.1) is 17.9 Å². The van der Waals surface area contributed by atoms with Gasteiger partial charge in [-0.05, 0) is 36.8 Å². The number of aromatic nitrogens is 3. The lowest BCUT2D eigenvalue weighted by Crippen LogP contribution is -2.20. The summed E-state index contributed by atoms with van der Waals surface area (Å²) in [5.74, 6) is 0. The molecular weight excluding hydrogens is 348 g/mol. The zero-order chi connectivity index (χ0) is 18.6. The largest absolute Gasteiger partial charge is 0.268 e. The lowest BCUT2D eigenvalue weighted by atomic mass is 10.2. The van der Waals surface area contributed by atoms with E-state index >= 15 is 0 Å². The summed E-state index contributed by atoms with van der Waals surface area (Å²) in [6.07, 6.45) is 4.99. The first-order valence-electron chi connectivity index (χ1n) is 8.11. The van der Waals surface area contributed by atoms with Crippen LogP contribution in [-0.4, -0.2) is 23.2 Å². The number of nitrogens with one attached hydrogen (secondary N) is 1. The fraction of sp³-hybridized carbons (Fsp3) is 0.158.